The number of unbranched alkanes of at least 4 members (excludes halogenated alkanes) is 10. The molecule has 0 radical (unpaired) electrons. The summed E-state index contributed by atoms with van der Waals surface area (Å²) in [4.78, 5) is 15.9. The normalized spacial score (nSPS) is 11.2. The van der Waals surface area contributed by atoms with E-state index in [9.17, 15) is 9.90 Å². The Balaban J connectivity index is 1.81. The zero-order valence-corrected chi connectivity index (χ0v) is 23.2. The molecule has 0 bridgehead atoms. The van der Waals surface area contributed by atoms with Gasteiger partial charge in [-0.25, -0.2) is 0 Å². The molecule has 0 saturated carbocycles. The van der Waals surface area contributed by atoms with Gasteiger partial charge in [-0.15, -0.1) is 0 Å². The molecule has 0 atom stereocenters. The first-order valence-corrected chi connectivity index (χ1v) is 14.7. The van der Waals surface area contributed by atoms with Crippen molar-refractivity contribution in [2.75, 3.05) is 13.1 Å². The molecule has 3 heteroatoms. The highest BCUT2D eigenvalue weighted by Crippen LogP contribution is 2.34. The van der Waals surface area contributed by atoms with Gasteiger partial charge in [0.15, 0.2) is 0 Å². The number of nitrogens with zero attached hydrogens (tertiary/aromatic N) is 1. The van der Waals surface area contributed by atoms with Crippen LogP contribution in [0.3, 0.4) is 0 Å². The molecule has 3 rings (SSSR count). The average molecular weight is 502 g/mol. The van der Waals surface area contributed by atoms with E-state index in [2.05, 4.69) is 26.0 Å². The van der Waals surface area contributed by atoms with E-state index < -0.39 is 0 Å². The van der Waals surface area contributed by atoms with Gasteiger partial charge in [0.1, 0.15) is 5.75 Å². The molecule has 1 amide bonds. The van der Waals surface area contributed by atoms with E-state index in [4.69, 9.17) is 0 Å². The molecule has 3 aromatic rings. The van der Waals surface area contributed by atoms with Crippen LogP contribution in [-0.2, 0) is 6.42 Å². The number of fused-ring (bicyclic) bond motifs is 1. The van der Waals surface area contributed by atoms with Crippen molar-refractivity contribution in [1.82, 2.24) is 4.90 Å². The number of hydrogen-bond acceptors (Lipinski definition) is 2. The molecule has 1 N–H and O–H groups in total. The number of hydrogen-bond donors (Lipinski definition) is 1. The molecule has 200 valence electrons. The number of aromatic hydroxyl groups is 1. The van der Waals surface area contributed by atoms with Crippen LogP contribution in [0.25, 0.3) is 10.8 Å². The maximum absolute atomic E-state index is 13.9. The molecule has 0 spiro atoms. The summed E-state index contributed by atoms with van der Waals surface area (Å²) in [5.41, 5.74) is 2.73. The molecule has 3 nitrogen and oxygen atoms in total. The third kappa shape index (κ3) is 8.91. The summed E-state index contributed by atoms with van der Waals surface area (Å²) in [5.74, 6) is 0.0907. The number of carbonyl (C=O) groups excluding carboxylic acids is 1. The van der Waals surface area contributed by atoms with Crippen LogP contribution in [0.5, 0.6) is 5.75 Å². The lowest BCUT2D eigenvalue weighted by Gasteiger charge is -2.24. The summed E-state index contributed by atoms with van der Waals surface area (Å²) in [7, 11) is 0. The highest BCUT2D eigenvalue weighted by molar-refractivity contribution is 6.04. The summed E-state index contributed by atoms with van der Waals surface area (Å²) in [6.45, 7) is 6.01. The minimum Gasteiger partial charge on any atom is -0.506 e. The first-order chi connectivity index (χ1) is 18.2. The molecule has 0 aliphatic rings. The predicted octanol–water partition coefficient (Wildman–Crippen LogP) is 9.30. The Hall–Kier alpha value is -2.81. The van der Waals surface area contributed by atoms with Crippen molar-refractivity contribution in [3.63, 3.8) is 0 Å². The minimum absolute atomic E-state index is 0.0281. The molecule has 0 saturated heterocycles. The van der Waals surface area contributed by atoms with E-state index >= 15 is 0 Å². The molecule has 3 aromatic carbocycles. The van der Waals surface area contributed by atoms with Gasteiger partial charge < -0.3 is 10.0 Å². The van der Waals surface area contributed by atoms with Crippen LogP contribution in [0.2, 0.25) is 0 Å². The van der Waals surface area contributed by atoms with Crippen molar-refractivity contribution in [1.29, 1.82) is 0 Å². The largest absolute Gasteiger partial charge is 0.506 e. The topological polar surface area (TPSA) is 40.5 Å². The van der Waals surface area contributed by atoms with Gasteiger partial charge in [0, 0.05) is 18.5 Å². The van der Waals surface area contributed by atoms with Crippen LogP contribution in [-0.4, -0.2) is 29.0 Å². The molecule has 0 unspecified atom stereocenters. The van der Waals surface area contributed by atoms with E-state index in [0.29, 0.717) is 5.56 Å². The first kappa shape index (κ1) is 28.8. The average Bonchev–Trinajstić information content (AvgIpc) is 2.93. The monoisotopic (exact) mass is 501 g/mol. The smallest absolute Gasteiger partial charge is 0.257 e. The zero-order chi connectivity index (χ0) is 26.3. The first-order valence-electron chi connectivity index (χ1n) is 14.7. The Kier molecular flexibility index (Phi) is 12.5. The van der Waals surface area contributed by atoms with Gasteiger partial charge in [-0.05, 0) is 41.8 Å². The number of phenols is 1. The Labute approximate surface area is 224 Å². The Morgan fingerprint density at radius 2 is 1.19 bits per heavy atom. The summed E-state index contributed by atoms with van der Waals surface area (Å²) in [6.07, 6.45) is 15.2. The summed E-state index contributed by atoms with van der Waals surface area (Å²) >= 11 is 0. The maximum Gasteiger partial charge on any atom is 0.257 e. The fourth-order valence-electron chi connectivity index (χ4n) is 5.21. The summed E-state index contributed by atoms with van der Waals surface area (Å²) < 4.78 is 0. The van der Waals surface area contributed by atoms with Gasteiger partial charge in [0.05, 0.1) is 5.56 Å². The molecular weight excluding hydrogens is 454 g/mol. The van der Waals surface area contributed by atoms with Gasteiger partial charge in [-0.2, -0.15) is 0 Å². The molecule has 0 aromatic heterocycles. The number of rotatable bonds is 17. The van der Waals surface area contributed by atoms with Crippen molar-refractivity contribution in [3.8, 4) is 5.75 Å². The van der Waals surface area contributed by atoms with Gasteiger partial charge in [-0.3, -0.25) is 4.79 Å². The third-order valence-corrected chi connectivity index (χ3v) is 7.42. The molecular formula is C34H47NO2. The lowest BCUT2D eigenvalue weighted by atomic mass is 9.94. The molecule has 0 aliphatic heterocycles. The lowest BCUT2D eigenvalue weighted by Crippen LogP contribution is -2.33. The fourth-order valence-corrected chi connectivity index (χ4v) is 5.21. The van der Waals surface area contributed by atoms with Gasteiger partial charge in [0.25, 0.3) is 5.91 Å². The number of benzene rings is 3. The zero-order valence-electron chi connectivity index (χ0n) is 23.2. The standard InChI is InChI=1S/C34H47NO2/c1-3-5-7-9-11-18-24-35(25-19-12-10-8-6-4-2)34(37)32-27-29(26-28-20-14-13-15-21-28)30-22-16-17-23-31(30)33(32)36/h13-17,20-23,27,36H,3-12,18-19,24-26H2,1-2H3. The van der Waals surface area contributed by atoms with Gasteiger partial charge in [0.2, 0.25) is 0 Å². The fraction of sp³-hybridized carbons (Fsp3) is 0.500. The van der Waals surface area contributed by atoms with E-state index in [1.54, 1.807) is 0 Å². The third-order valence-electron chi connectivity index (χ3n) is 7.42. The Bertz CT molecular complexity index is 1060. The number of carbonyl (C=O) groups is 1. The van der Waals surface area contributed by atoms with E-state index in [-0.39, 0.29) is 11.7 Å². The van der Waals surface area contributed by atoms with Crippen LogP contribution >= 0.6 is 0 Å². The SMILES string of the molecule is CCCCCCCCN(CCCCCCCC)C(=O)c1cc(Cc2ccccc2)c2ccccc2c1O. The van der Waals surface area contributed by atoms with E-state index in [1.807, 2.05) is 53.4 Å². The van der Waals surface area contributed by atoms with Crippen molar-refractivity contribution >= 4 is 16.7 Å². The quantitative estimate of drug-likeness (QED) is 0.187. The Morgan fingerprint density at radius 3 is 1.78 bits per heavy atom. The predicted molar refractivity (Wildman–Crippen MR) is 158 cm³/mol. The van der Waals surface area contributed by atoms with Crippen LogP contribution in [0.4, 0.5) is 0 Å². The highest BCUT2D eigenvalue weighted by atomic mass is 16.3. The summed E-state index contributed by atoms with van der Waals surface area (Å²) in [6, 6.07) is 20.2. The lowest BCUT2D eigenvalue weighted by molar-refractivity contribution is 0.0746. The minimum atomic E-state index is -0.0281. The maximum atomic E-state index is 13.9. The molecule has 0 aliphatic carbocycles. The highest BCUT2D eigenvalue weighted by Gasteiger charge is 2.22. The van der Waals surface area contributed by atoms with Crippen LogP contribution in [0.15, 0.2) is 60.7 Å². The van der Waals surface area contributed by atoms with Crippen LogP contribution in [0.1, 0.15) is 112 Å². The molecule has 0 fully saturated rings. The van der Waals surface area contributed by atoms with Crippen molar-refractivity contribution in [2.24, 2.45) is 0 Å². The number of phenolic OH excluding ortho intramolecular Hbond substituents is 1. The van der Waals surface area contributed by atoms with Crippen LogP contribution < -0.4 is 0 Å². The Morgan fingerprint density at radius 1 is 0.676 bits per heavy atom. The molecule has 37 heavy (non-hydrogen) atoms. The second-order valence-corrected chi connectivity index (χ2v) is 10.5. The van der Waals surface area contributed by atoms with Crippen LogP contribution in [0, 0.1) is 0 Å². The van der Waals surface area contributed by atoms with Gasteiger partial charge in [-0.1, -0.05) is 133 Å². The number of amides is 1. The van der Waals surface area contributed by atoms with Gasteiger partial charge >= 0.3 is 0 Å². The van der Waals surface area contributed by atoms with Crippen molar-refractivity contribution < 1.29 is 9.90 Å². The van der Waals surface area contributed by atoms with Crippen molar-refractivity contribution in [2.45, 2.75) is 97.3 Å². The second-order valence-electron chi connectivity index (χ2n) is 10.5. The van der Waals surface area contributed by atoms with E-state index in [0.717, 1.165) is 61.5 Å². The van der Waals surface area contributed by atoms with Crippen molar-refractivity contribution in [3.05, 3.63) is 77.4 Å². The van der Waals surface area contributed by atoms with E-state index in [1.165, 1.54) is 56.9 Å². The molecule has 0 heterocycles. The summed E-state index contributed by atoms with van der Waals surface area (Å²) in [5, 5.41) is 13.0. The second kappa shape index (κ2) is 16.1.